The molecule has 80 valence electrons. The van der Waals surface area contributed by atoms with Crippen molar-refractivity contribution in [3.63, 3.8) is 0 Å². The summed E-state index contributed by atoms with van der Waals surface area (Å²) < 4.78 is 13.3. The van der Waals surface area contributed by atoms with Gasteiger partial charge in [-0.15, -0.1) is 0 Å². The van der Waals surface area contributed by atoms with E-state index in [1.807, 2.05) is 0 Å². The van der Waals surface area contributed by atoms with Crippen molar-refractivity contribution in [2.45, 2.75) is 58.0 Å². The number of hydrogen-bond donors (Lipinski definition) is 0. The molecule has 2 atom stereocenters. The molecule has 2 heteroatoms. The third-order valence-corrected chi connectivity index (χ3v) is 3.42. The summed E-state index contributed by atoms with van der Waals surface area (Å²) in [7, 11) is 0. The van der Waals surface area contributed by atoms with E-state index in [-0.39, 0.29) is 5.92 Å². The second-order valence-electron chi connectivity index (χ2n) is 4.46. The molecule has 0 N–H and O–H groups in total. The van der Waals surface area contributed by atoms with Gasteiger partial charge in [0.1, 0.15) is 6.17 Å². The zero-order chi connectivity index (χ0) is 10.4. The number of alkyl halides is 1. The van der Waals surface area contributed by atoms with E-state index in [1.54, 1.807) is 6.92 Å². The molecule has 0 saturated heterocycles. The third-order valence-electron chi connectivity index (χ3n) is 3.42. The van der Waals surface area contributed by atoms with Crippen LogP contribution in [0.1, 0.15) is 51.9 Å². The average molecular weight is 197 g/mol. The molecule has 1 rings (SSSR count). The Morgan fingerprint density at radius 1 is 1.29 bits per heavy atom. The Morgan fingerprint density at radius 3 is 2.29 bits per heavy atom. The van der Waals surface area contributed by atoms with Crippen LogP contribution < -0.4 is 0 Å². The van der Waals surface area contributed by atoms with Gasteiger partial charge in [0.05, 0.1) is 6.07 Å². The topological polar surface area (TPSA) is 23.8 Å². The second-order valence-corrected chi connectivity index (χ2v) is 4.46. The van der Waals surface area contributed by atoms with Crippen LogP contribution in [-0.4, -0.2) is 6.17 Å². The zero-order valence-electron chi connectivity index (χ0n) is 9.01. The van der Waals surface area contributed by atoms with Crippen LogP contribution in [-0.2, 0) is 0 Å². The molecule has 1 aliphatic carbocycles. The summed E-state index contributed by atoms with van der Waals surface area (Å²) in [6, 6.07) is 2.13. The molecule has 0 aromatic rings. The Bertz CT molecular complexity index is 187. The molecule has 2 unspecified atom stereocenters. The number of rotatable bonds is 3. The van der Waals surface area contributed by atoms with Crippen LogP contribution in [0, 0.1) is 23.2 Å². The fourth-order valence-electron chi connectivity index (χ4n) is 2.55. The molecule has 0 aromatic heterocycles. The van der Waals surface area contributed by atoms with Gasteiger partial charge in [-0.1, -0.05) is 38.5 Å². The summed E-state index contributed by atoms with van der Waals surface area (Å²) in [5, 5.41) is 8.67. The van der Waals surface area contributed by atoms with Crippen LogP contribution in [0.15, 0.2) is 0 Å². The minimum atomic E-state index is -0.822. The van der Waals surface area contributed by atoms with Crippen LogP contribution in [0.3, 0.4) is 0 Å². The lowest BCUT2D eigenvalue weighted by atomic mass is 9.82. The first-order valence-electron chi connectivity index (χ1n) is 5.76. The number of nitriles is 1. The van der Waals surface area contributed by atoms with Crippen molar-refractivity contribution in [3.05, 3.63) is 0 Å². The Kier molecular flexibility index (Phi) is 4.93. The van der Waals surface area contributed by atoms with Crippen molar-refractivity contribution in [3.8, 4) is 6.07 Å². The fraction of sp³-hybridized carbons (Fsp3) is 0.917. The summed E-state index contributed by atoms with van der Waals surface area (Å²) in [6.07, 6.45) is 6.84. The van der Waals surface area contributed by atoms with E-state index in [0.29, 0.717) is 12.3 Å². The van der Waals surface area contributed by atoms with E-state index >= 15 is 0 Å². The predicted molar refractivity (Wildman–Crippen MR) is 55.5 cm³/mol. The molecule has 0 radical (unpaired) electrons. The van der Waals surface area contributed by atoms with E-state index in [4.69, 9.17) is 5.26 Å². The highest BCUT2D eigenvalue weighted by molar-refractivity contribution is 4.84. The Balaban J connectivity index is 2.52. The van der Waals surface area contributed by atoms with E-state index < -0.39 is 6.17 Å². The van der Waals surface area contributed by atoms with Gasteiger partial charge in [-0.3, -0.25) is 0 Å². The van der Waals surface area contributed by atoms with Gasteiger partial charge in [-0.2, -0.15) is 5.26 Å². The van der Waals surface area contributed by atoms with Crippen molar-refractivity contribution < 1.29 is 4.39 Å². The Morgan fingerprint density at radius 2 is 1.86 bits per heavy atom. The van der Waals surface area contributed by atoms with Crippen LogP contribution in [0.2, 0.25) is 0 Å². The highest BCUT2D eigenvalue weighted by atomic mass is 19.1. The van der Waals surface area contributed by atoms with Gasteiger partial charge in [0, 0.05) is 12.3 Å². The van der Waals surface area contributed by atoms with Crippen molar-refractivity contribution >= 4 is 0 Å². The summed E-state index contributed by atoms with van der Waals surface area (Å²) in [5.74, 6) is 0.440. The van der Waals surface area contributed by atoms with Crippen molar-refractivity contribution in [1.29, 1.82) is 5.26 Å². The Hall–Kier alpha value is -0.580. The summed E-state index contributed by atoms with van der Waals surface area (Å²) in [5.41, 5.74) is 0. The SMILES string of the molecule is CC(F)C(CC#N)C1CCCCCC1. The first-order valence-corrected chi connectivity index (χ1v) is 5.76. The molecular formula is C12H20FN. The van der Waals surface area contributed by atoms with Crippen LogP contribution in [0.5, 0.6) is 0 Å². The van der Waals surface area contributed by atoms with Crippen molar-refractivity contribution in [2.75, 3.05) is 0 Å². The molecule has 0 heterocycles. The van der Waals surface area contributed by atoms with E-state index in [0.717, 1.165) is 12.8 Å². The van der Waals surface area contributed by atoms with E-state index in [2.05, 4.69) is 6.07 Å². The normalized spacial score (nSPS) is 23.5. The van der Waals surface area contributed by atoms with E-state index in [9.17, 15) is 4.39 Å². The highest BCUT2D eigenvalue weighted by Gasteiger charge is 2.27. The quantitative estimate of drug-likeness (QED) is 0.630. The fourth-order valence-corrected chi connectivity index (χ4v) is 2.55. The lowest BCUT2D eigenvalue weighted by Crippen LogP contribution is -2.22. The molecule has 1 nitrogen and oxygen atoms in total. The molecule has 1 fully saturated rings. The van der Waals surface area contributed by atoms with Crippen molar-refractivity contribution in [2.24, 2.45) is 11.8 Å². The first-order chi connectivity index (χ1) is 6.75. The largest absolute Gasteiger partial charge is 0.247 e. The number of hydrogen-bond acceptors (Lipinski definition) is 1. The van der Waals surface area contributed by atoms with Gasteiger partial charge in [0.2, 0.25) is 0 Å². The molecular weight excluding hydrogens is 177 g/mol. The molecule has 14 heavy (non-hydrogen) atoms. The average Bonchev–Trinajstić information content (AvgIpc) is 2.41. The highest BCUT2D eigenvalue weighted by Crippen LogP contribution is 2.33. The minimum absolute atomic E-state index is 0.0156. The first kappa shape index (κ1) is 11.5. The van der Waals surface area contributed by atoms with Crippen LogP contribution in [0.4, 0.5) is 4.39 Å². The maximum atomic E-state index is 13.3. The molecule has 0 aromatic carbocycles. The minimum Gasteiger partial charge on any atom is -0.247 e. The molecule has 1 aliphatic rings. The monoisotopic (exact) mass is 197 g/mol. The standard InChI is InChI=1S/C12H20FN/c1-10(13)12(8-9-14)11-6-4-2-3-5-7-11/h10-12H,2-8H2,1H3. The van der Waals surface area contributed by atoms with Gasteiger partial charge < -0.3 is 0 Å². The lowest BCUT2D eigenvalue weighted by Gasteiger charge is -2.25. The van der Waals surface area contributed by atoms with Crippen LogP contribution >= 0.6 is 0 Å². The van der Waals surface area contributed by atoms with Gasteiger partial charge in [0.25, 0.3) is 0 Å². The van der Waals surface area contributed by atoms with E-state index in [1.165, 1.54) is 25.7 Å². The molecule has 1 saturated carbocycles. The summed E-state index contributed by atoms with van der Waals surface area (Å²) in [6.45, 7) is 1.60. The van der Waals surface area contributed by atoms with Crippen LogP contribution in [0.25, 0.3) is 0 Å². The molecule has 0 spiro atoms. The summed E-state index contributed by atoms with van der Waals surface area (Å²) >= 11 is 0. The smallest absolute Gasteiger partial charge is 0.101 e. The molecule has 0 bridgehead atoms. The molecule has 0 amide bonds. The van der Waals surface area contributed by atoms with Gasteiger partial charge >= 0.3 is 0 Å². The maximum Gasteiger partial charge on any atom is 0.101 e. The predicted octanol–water partition coefficient (Wildman–Crippen LogP) is 3.84. The second kappa shape index (κ2) is 6.01. The van der Waals surface area contributed by atoms with Gasteiger partial charge in [-0.05, 0) is 12.8 Å². The van der Waals surface area contributed by atoms with Gasteiger partial charge in [-0.25, -0.2) is 4.39 Å². The van der Waals surface area contributed by atoms with Gasteiger partial charge in [0.15, 0.2) is 0 Å². The number of nitrogens with zero attached hydrogens (tertiary/aromatic N) is 1. The number of halogens is 1. The lowest BCUT2D eigenvalue weighted by molar-refractivity contribution is 0.168. The zero-order valence-corrected chi connectivity index (χ0v) is 9.01. The Labute approximate surface area is 86.3 Å². The summed E-state index contributed by atoms with van der Waals surface area (Å²) in [4.78, 5) is 0. The molecule has 0 aliphatic heterocycles. The van der Waals surface area contributed by atoms with Crippen molar-refractivity contribution in [1.82, 2.24) is 0 Å². The third kappa shape index (κ3) is 3.29. The maximum absolute atomic E-state index is 13.3.